The molecule has 0 saturated carbocycles. The predicted octanol–water partition coefficient (Wildman–Crippen LogP) is 10.8. The first kappa shape index (κ1) is 28.8. The van der Waals surface area contributed by atoms with Crippen LogP contribution in [0.15, 0.2) is 152 Å². The lowest BCUT2D eigenvalue weighted by atomic mass is 9.94. The zero-order valence-electron chi connectivity index (χ0n) is 26.7. The number of rotatable bonds is 4. The van der Waals surface area contributed by atoms with Crippen molar-refractivity contribution in [2.75, 3.05) is 0 Å². The molecule has 2 heterocycles. The third-order valence-electron chi connectivity index (χ3n) is 9.62. The minimum atomic E-state index is 0.554. The fourth-order valence-corrected chi connectivity index (χ4v) is 7.40. The smallest absolute Gasteiger partial charge is 0.0998 e. The van der Waals surface area contributed by atoms with Crippen LogP contribution in [0.25, 0.3) is 77.2 Å². The Bertz CT molecular complexity index is 2920. The molecular formula is C45H25N5. The summed E-state index contributed by atoms with van der Waals surface area (Å²) in [7, 11) is 0. The van der Waals surface area contributed by atoms with Gasteiger partial charge in [0.25, 0.3) is 0 Å². The number of fused-ring (bicyclic) bond motifs is 6. The van der Waals surface area contributed by atoms with Crippen molar-refractivity contribution in [1.29, 1.82) is 15.8 Å². The topological polar surface area (TPSA) is 81.2 Å². The van der Waals surface area contributed by atoms with Crippen molar-refractivity contribution in [3.8, 4) is 51.8 Å². The summed E-state index contributed by atoms with van der Waals surface area (Å²) in [4.78, 5) is 0. The lowest BCUT2D eigenvalue weighted by Crippen LogP contribution is -1.99. The van der Waals surface area contributed by atoms with Gasteiger partial charge in [-0.3, -0.25) is 0 Å². The first-order valence-corrected chi connectivity index (χ1v) is 16.3. The monoisotopic (exact) mass is 635 g/mol. The highest BCUT2D eigenvalue weighted by Gasteiger charge is 2.18. The van der Waals surface area contributed by atoms with E-state index in [4.69, 9.17) is 0 Å². The molecule has 7 aromatic carbocycles. The van der Waals surface area contributed by atoms with Crippen LogP contribution in [0.4, 0.5) is 0 Å². The third-order valence-corrected chi connectivity index (χ3v) is 9.62. The van der Waals surface area contributed by atoms with E-state index in [0.717, 1.165) is 77.2 Å². The summed E-state index contributed by atoms with van der Waals surface area (Å²) in [6.07, 6.45) is 0. The number of hydrogen-bond donors (Lipinski definition) is 0. The summed E-state index contributed by atoms with van der Waals surface area (Å²) < 4.78 is 4.43. The molecule has 230 valence electrons. The van der Waals surface area contributed by atoms with Crippen LogP contribution in [0.1, 0.15) is 16.7 Å². The quantitative estimate of drug-likeness (QED) is 0.193. The van der Waals surface area contributed by atoms with Gasteiger partial charge < -0.3 is 9.13 Å². The molecule has 0 unspecified atom stereocenters. The third kappa shape index (κ3) is 4.38. The molecule has 5 nitrogen and oxygen atoms in total. The molecule has 0 N–H and O–H groups in total. The molecule has 9 rings (SSSR count). The van der Waals surface area contributed by atoms with Crippen LogP contribution < -0.4 is 0 Å². The lowest BCUT2D eigenvalue weighted by Gasteiger charge is -2.16. The molecule has 50 heavy (non-hydrogen) atoms. The highest BCUT2D eigenvalue weighted by atomic mass is 15.0. The standard InChI is InChI=1S/C45H25N5/c46-26-29-17-21-44-40(22-29)39-12-3-4-13-41(39)49(44)34-9-7-8-31(25-34)35-20-18-32(24-33(35)28-48)36-19-16-30(27-47)23-45(36)50-42-14-5-1-10-37(42)38-11-2-6-15-43(38)50/h1-25H. The van der Waals surface area contributed by atoms with E-state index in [1.807, 2.05) is 97.1 Å². The first-order valence-electron chi connectivity index (χ1n) is 16.3. The van der Waals surface area contributed by atoms with E-state index >= 15 is 0 Å². The number of nitriles is 3. The second-order valence-electron chi connectivity index (χ2n) is 12.3. The Morgan fingerprint density at radius 1 is 0.380 bits per heavy atom. The van der Waals surface area contributed by atoms with Gasteiger partial charge in [0.05, 0.1) is 62.7 Å². The Morgan fingerprint density at radius 2 is 0.940 bits per heavy atom. The van der Waals surface area contributed by atoms with Gasteiger partial charge in [0.2, 0.25) is 0 Å². The number of nitrogens with zero attached hydrogens (tertiary/aromatic N) is 5. The van der Waals surface area contributed by atoms with E-state index in [-0.39, 0.29) is 0 Å². The Morgan fingerprint density at radius 3 is 1.62 bits per heavy atom. The molecule has 0 fully saturated rings. The van der Waals surface area contributed by atoms with Crippen LogP contribution in [-0.2, 0) is 0 Å². The summed E-state index contributed by atoms with van der Waals surface area (Å²) in [5.41, 5.74) is 11.3. The number of benzene rings is 7. The van der Waals surface area contributed by atoms with Gasteiger partial charge >= 0.3 is 0 Å². The van der Waals surface area contributed by atoms with E-state index in [9.17, 15) is 15.8 Å². The van der Waals surface area contributed by atoms with Gasteiger partial charge in [0.1, 0.15) is 0 Å². The molecule has 0 spiro atoms. The summed E-state index contributed by atoms with van der Waals surface area (Å²) in [5, 5.41) is 34.4. The van der Waals surface area contributed by atoms with E-state index in [2.05, 4.69) is 81.9 Å². The average molecular weight is 636 g/mol. The molecule has 0 aliphatic rings. The van der Waals surface area contributed by atoms with Crippen molar-refractivity contribution in [3.63, 3.8) is 0 Å². The van der Waals surface area contributed by atoms with Crippen molar-refractivity contribution in [3.05, 3.63) is 168 Å². The molecule has 9 aromatic rings. The molecular weight excluding hydrogens is 611 g/mol. The van der Waals surface area contributed by atoms with Crippen molar-refractivity contribution in [2.24, 2.45) is 0 Å². The second kappa shape index (κ2) is 11.4. The summed E-state index contributed by atoms with van der Waals surface area (Å²) in [5.74, 6) is 0. The Labute approximate surface area is 287 Å². The molecule has 5 heteroatoms. The number of aromatic nitrogens is 2. The van der Waals surface area contributed by atoms with Crippen LogP contribution in [-0.4, -0.2) is 9.13 Å². The van der Waals surface area contributed by atoms with E-state index in [1.54, 1.807) is 0 Å². The number of para-hydroxylation sites is 3. The Kier molecular flexibility index (Phi) is 6.56. The molecule has 0 saturated heterocycles. The van der Waals surface area contributed by atoms with Crippen molar-refractivity contribution in [2.45, 2.75) is 0 Å². The molecule has 0 atom stereocenters. The van der Waals surface area contributed by atoms with Crippen molar-refractivity contribution in [1.82, 2.24) is 9.13 Å². The van der Waals surface area contributed by atoms with Crippen LogP contribution in [0.3, 0.4) is 0 Å². The zero-order valence-corrected chi connectivity index (χ0v) is 26.7. The van der Waals surface area contributed by atoms with Crippen LogP contribution in [0.5, 0.6) is 0 Å². The molecule has 0 bridgehead atoms. The van der Waals surface area contributed by atoms with Crippen LogP contribution in [0, 0.1) is 34.0 Å². The lowest BCUT2D eigenvalue weighted by molar-refractivity contribution is 1.18. The molecule has 0 radical (unpaired) electrons. The Hall–Kier alpha value is -7.39. The molecule has 0 amide bonds. The normalized spacial score (nSPS) is 11.1. The van der Waals surface area contributed by atoms with Gasteiger partial charge in [-0.25, -0.2) is 0 Å². The fourth-order valence-electron chi connectivity index (χ4n) is 7.40. The fraction of sp³-hybridized carbons (Fsp3) is 0. The average Bonchev–Trinajstić information content (AvgIpc) is 3.70. The van der Waals surface area contributed by atoms with Gasteiger partial charge in [-0.15, -0.1) is 0 Å². The van der Waals surface area contributed by atoms with Gasteiger partial charge in [-0.05, 0) is 83.4 Å². The largest absolute Gasteiger partial charge is 0.309 e. The maximum atomic E-state index is 10.5. The zero-order chi connectivity index (χ0) is 33.8. The summed E-state index contributed by atoms with van der Waals surface area (Å²) in [6, 6.07) is 57.7. The SMILES string of the molecule is N#Cc1ccc(-c2ccc(-c3cccc(-n4c5ccccc5c5cc(C#N)ccc54)c3)c(C#N)c2)c(-n2c3ccccc3c3ccccc32)c1. The number of hydrogen-bond acceptors (Lipinski definition) is 3. The molecule has 0 aliphatic carbocycles. The van der Waals surface area contributed by atoms with Crippen molar-refractivity contribution >= 4 is 43.6 Å². The van der Waals surface area contributed by atoms with Crippen LogP contribution in [0.2, 0.25) is 0 Å². The van der Waals surface area contributed by atoms with Gasteiger partial charge in [-0.2, -0.15) is 15.8 Å². The van der Waals surface area contributed by atoms with E-state index < -0.39 is 0 Å². The van der Waals surface area contributed by atoms with E-state index in [1.165, 1.54) is 0 Å². The van der Waals surface area contributed by atoms with Gasteiger partial charge in [0.15, 0.2) is 0 Å². The second-order valence-corrected chi connectivity index (χ2v) is 12.3. The highest BCUT2D eigenvalue weighted by molar-refractivity contribution is 6.11. The minimum absolute atomic E-state index is 0.554. The maximum Gasteiger partial charge on any atom is 0.0998 e. The summed E-state index contributed by atoms with van der Waals surface area (Å²) >= 11 is 0. The van der Waals surface area contributed by atoms with Crippen molar-refractivity contribution < 1.29 is 0 Å². The summed E-state index contributed by atoms with van der Waals surface area (Å²) in [6.45, 7) is 0. The van der Waals surface area contributed by atoms with Gasteiger partial charge in [0, 0.05) is 32.8 Å². The van der Waals surface area contributed by atoms with E-state index in [0.29, 0.717) is 16.7 Å². The van der Waals surface area contributed by atoms with Gasteiger partial charge in [-0.1, -0.05) is 84.9 Å². The first-order chi connectivity index (χ1) is 24.7. The highest BCUT2D eigenvalue weighted by Crippen LogP contribution is 2.39. The Balaban J connectivity index is 1.20. The maximum absolute atomic E-state index is 10.5. The molecule has 2 aromatic heterocycles. The minimum Gasteiger partial charge on any atom is -0.309 e. The molecule has 0 aliphatic heterocycles. The predicted molar refractivity (Wildman–Crippen MR) is 200 cm³/mol. The van der Waals surface area contributed by atoms with Crippen LogP contribution >= 0.6 is 0 Å².